The Morgan fingerprint density at radius 2 is 1.73 bits per heavy atom. The first-order valence-corrected chi connectivity index (χ1v) is 12.4. The summed E-state index contributed by atoms with van der Waals surface area (Å²) in [6, 6.07) is 1.64. The van der Waals surface area contributed by atoms with Gasteiger partial charge in [-0.1, -0.05) is 34.6 Å². The van der Waals surface area contributed by atoms with Crippen LogP contribution < -0.4 is 5.73 Å². The molecule has 7 nitrogen and oxygen atoms in total. The Morgan fingerprint density at radius 3 is 2.18 bits per heavy atom. The molecule has 1 rings (SSSR count). The number of rotatable bonds is 14. The van der Waals surface area contributed by atoms with Gasteiger partial charge in [-0.05, 0) is 69.6 Å². The number of hydrogen-bond acceptors (Lipinski definition) is 7. The Kier molecular flexibility index (Phi) is 10.4. The molecule has 0 spiro atoms. The zero-order valence-electron chi connectivity index (χ0n) is 22.1. The van der Waals surface area contributed by atoms with Crippen LogP contribution in [-0.4, -0.2) is 38.0 Å². The van der Waals surface area contributed by atoms with Crippen molar-refractivity contribution in [3.63, 3.8) is 0 Å². The lowest BCUT2D eigenvalue weighted by Gasteiger charge is -2.68. The highest BCUT2D eigenvalue weighted by Crippen LogP contribution is 2.72. The van der Waals surface area contributed by atoms with Crippen molar-refractivity contribution in [1.29, 1.82) is 5.26 Å². The number of esters is 2. The summed E-state index contributed by atoms with van der Waals surface area (Å²) in [7, 11) is 0. The lowest BCUT2D eigenvalue weighted by atomic mass is 9.34. The monoisotopic (exact) mass is 466 g/mol. The van der Waals surface area contributed by atoms with E-state index < -0.39 is 33.7 Å². The summed E-state index contributed by atoms with van der Waals surface area (Å²) < 4.78 is 16.5. The maximum absolute atomic E-state index is 13.6. The molecule has 7 heteroatoms. The van der Waals surface area contributed by atoms with Crippen LogP contribution in [0.1, 0.15) is 93.9 Å². The van der Waals surface area contributed by atoms with Crippen LogP contribution in [0.2, 0.25) is 0 Å². The number of ether oxygens (including phenoxy) is 3. The van der Waals surface area contributed by atoms with Crippen LogP contribution in [0.25, 0.3) is 0 Å². The fourth-order valence-corrected chi connectivity index (χ4v) is 5.82. The minimum Gasteiger partial charge on any atom is -0.465 e. The third kappa shape index (κ3) is 5.07. The molecule has 1 aliphatic rings. The van der Waals surface area contributed by atoms with Crippen LogP contribution in [0.4, 0.5) is 0 Å². The molecule has 0 aromatic carbocycles. The van der Waals surface area contributed by atoms with E-state index in [4.69, 9.17) is 25.2 Å². The van der Waals surface area contributed by atoms with Crippen molar-refractivity contribution in [2.75, 3.05) is 20.0 Å². The molecule has 33 heavy (non-hydrogen) atoms. The fourth-order valence-electron chi connectivity index (χ4n) is 5.82. The minimum atomic E-state index is -1.04. The van der Waals surface area contributed by atoms with Gasteiger partial charge >= 0.3 is 11.9 Å². The van der Waals surface area contributed by atoms with E-state index in [1.807, 2.05) is 34.6 Å². The van der Waals surface area contributed by atoms with Crippen molar-refractivity contribution in [3.05, 3.63) is 0 Å². The van der Waals surface area contributed by atoms with E-state index in [-0.39, 0.29) is 18.7 Å². The van der Waals surface area contributed by atoms with Gasteiger partial charge in [0.1, 0.15) is 0 Å². The van der Waals surface area contributed by atoms with Crippen LogP contribution in [0, 0.1) is 38.9 Å². The largest absolute Gasteiger partial charge is 0.465 e. The summed E-state index contributed by atoms with van der Waals surface area (Å²) in [6.07, 6.45) is 4.42. The molecule has 0 heterocycles. The molecule has 0 bridgehead atoms. The number of nitrogens with zero attached hydrogens (tertiary/aromatic N) is 1. The van der Waals surface area contributed by atoms with Gasteiger partial charge in [-0.2, -0.15) is 5.26 Å². The molecular formula is C26H46N2O5. The molecule has 0 saturated heterocycles. The number of hydrogen-bond donors (Lipinski definition) is 1. The quantitative estimate of drug-likeness (QED) is 0.218. The summed E-state index contributed by atoms with van der Waals surface area (Å²) in [6.45, 7) is 16.4. The Bertz CT molecular complexity index is 714. The summed E-state index contributed by atoms with van der Waals surface area (Å²) >= 11 is 0. The molecule has 1 aliphatic carbocycles. The summed E-state index contributed by atoms with van der Waals surface area (Å²) in [4.78, 5) is 26.9. The van der Waals surface area contributed by atoms with Crippen molar-refractivity contribution in [2.24, 2.45) is 33.3 Å². The van der Waals surface area contributed by atoms with Gasteiger partial charge in [0.05, 0.1) is 23.5 Å². The first kappa shape index (κ1) is 29.4. The van der Waals surface area contributed by atoms with Crippen LogP contribution in [0.5, 0.6) is 0 Å². The second kappa shape index (κ2) is 11.7. The number of unbranched alkanes of at least 4 members (excludes halogenated alkanes) is 3. The van der Waals surface area contributed by atoms with Gasteiger partial charge in [-0.15, -0.1) is 0 Å². The Morgan fingerprint density at radius 1 is 1.09 bits per heavy atom. The third-order valence-electron chi connectivity index (χ3n) is 9.01. The van der Waals surface area contributed by atoms with Gasteiger partial charge < -0.3 is 19.9 Å². The molecule has 0 aromatic heterocycles. The SMILES string of the molecule is CCOCOC(=O)C(C)(C(C)N)C(C)(C)C1(C)CCC1(C(=O)OCCCCCC#N)C(C)C. The van der Waals surface area contributed by atoms with E-state index in [9.17, 15) is 9.59 Å². The first-order chi connectivity index (χ1) is 15.3. The summed E-state index contributed by atoms with van der Waals surface area (Å²) in [5.74, 6) is -0.583. The van der Waals surface area contributed by atoms with Gasteiger partial charge in [-0.3, -0.25) is 9.59 Å². The highest BCUT2D eigenvalue weighted by Gasteiger charge is 2.73. The molecule has 0 amide bonds. The van der Waals surface area contributed by atoms with Crippen molar-refractivity contribution in [3.8, 4) is 6.07 Å². The second-order valence-corrected chi connectivity index (χ2v) is 10.7. The van der Waals surface area contributed by atoms with Crippen molar-refractivity contribution in [2.45, 2.75) is 100.0 Å². The predicted octanol–water partition coefficient (Wildman–Crippen LogP) is 4.97. The third-order valence-corrected chi connectivity index (χ3v) is 9.01. The van der Waals surface area contributed by atoms with Crippen molar-refractivity contribution >= 4 is 11.9 Å². The second-order valence-electron chi connectivity index (χ2n) is 10.7. The van der Waals surface area contributed by atoms with Gasteiger partial charge in [0.15, 0.2) is 6.79 Å². The number of nitrogens with two attached hydrogens (primary N) is 1. The maximum Gasteiger partial charge on any atom is 0.316 e. The zero-order chi connectivity index (χ0) is 25.5. The molecule has 2 N–H and O–H groups in total. The lowest BCUT2D eigenvalue weighted by molar-refractivity contribution is -0.240. The molecule has 0 aliphatic heterocycles. The summed E-state index contributed by atoms with van der Waals surface area (Å²) in [5, 5.41) is 8.67. The van der Waals surface area contributed by atoms with Gasteiger partial charge in [0, 0.05) is 19.1 Å². The van der Waals surface area contributed by atoms with Crippen LogP contribution in [0.3, 0.4) is 0 Å². The average Bonchev–Trinajstić information content (AvgIpc) is 2.73. The maximum atomic E-state index is 13.6. The normalized spacial score (nSPS) is 25.5. The molecule has 4 atom stereocenters. The minimum absolute atomic E-state index is 0.0263. The van der Waals surface area contributed by atoms with Gasteiger partial charge in [0.2, 0.25) is 0 Å². The van der Waals surface area contributed by atoms with Crippen LogP contribution >= 0.6 is 0 Å². The van der Waals surface area contributed by atoms with Crippen molar-refractivity contribution < 1.29 is 23.8 Å². The van der Waals surface area contributed by atoms with E-state index in [2.05, 4.69) is 26.8 Å². The Balaban J connectivity index is 3.22. The zero-order valence-corrected chi connectivity index (χ0v) is 22.1. The van der Waals surface area contributed by atoms with E-state index in [0.29, 0.717) is 26.1 Å². The van der Waals surface area contributed by atoms with Gasteiger partial charge in [-0.25, -0.2) is 0 Å². The molecular weight excluding hydrogens is 420 g/mol. The van der Waals surface area contributed by atoms with Crippen molar-refractivity contribution in [1.82, 2.24) is 0 Å². The highest BCUT2D eigenvalue weighted by molar-refractivity contribution is 5.82. The Labute approximate surface area is 200 Å². The Hall–Kier alpha value is -1.65. The molecule has 1 saturated carbocycles. The van der Waals surface area contributed by atoms with Crippen LogP contribution in [-0.2, 0) is 23.8 Å². The van der Waals surface area contributed by atoms with Crippen LogP contribution in [0.15, 0.2) is 0 Å². The molecule has 190 valence electrons. The topological polar surface area (TPSA) is 112 Å². The highest BCUT2D eigenvalue weighted by atomic mass is 16.7. The predicted molar refractivity (Wildman–Crippen MR) is 128 cm³/mol. The molecule has 0 aromatic rings. The number of carbonyl (C=O) groups excluding carboxylic acids is 2. The smallest absolute Gasteiger partial charge is 0.316 e. The molecule has 4 unspecified atom stereocenters. The lowest BCUT2D eigenvalue weighted by Crippen LogP contribution is -2.70. The standard InChI is InChI=1S/C26H46N2O5/c1-9-31-18-33-21(29)25(8,20(4)28)23(5,6)24(7)14-15-26(24,19(2)3)22(30)32-17-13-11-10-12-16-27/h19-20H,9-15,17-18,28H2,1-8H3. The van der Waals surface area contributed by atoms with E-state index in [1.165, 1.54) is 0 Å². The summed E-state index contributed by atoms with van der Waals surface area (Å²) in [5.41, 5.74) is 3.47. The molecule has 0 radical (unpaired) electrons. The van der Waals surface area contributed by atoms with E-state index in [1.54, 1.807) is 0 Å². The number of nitriles is 1. The average molecular weight is 467 g/mol. The fraction of sp³-hybridized carbons (Fsp3) is 0.885. The van der Waals surface area contributed by atoms with E-state index >= 15 is 0 Å². The van der Waals surface area contributed by atoms with E-state index in [0.717, 1.165) is 25.7 Å². The first-order valence-electron chi connectivity index (χ1n) is 12.4. The number of carbonyl (C=O) groups is 2. The molecule has 1 fully saturated rings. The van der Waals surface area contributed by atoms with Gasteiger partial charge in [0.25, 0.3) is 0 Å².